The number of rotatable bonds is 9. The van der Waals surface area contributed by atoms with Gasteiger partial charge in [-0.15, -0.1) is 0 Å². The summed E-state index contributed by atoms with van der Waals surface area (Å²) in [5, 5.41) is 0. The summed E-state index contributed by atoms with van der Waals surface area (Å²) in [4.78, 5) is 22.5. The maximum Gasteiger partial charge on any atom is 0.332 e. The average molecular weight is 384 g/mol. The van der Waals surface area contributed by atoms with E-state index in [2.05, 4.69) is 20.4 Å². The van der Waals surface area contributed by atoms with Crippen molar-refractivity contribution in [3.63, 3.8) is 0 Å². The Kier molecular flexibility index (Phi) is 9.24. The van der Waals surface area contributed by atoms with E-state index in [4.69, 9.17) is 23.7 Å². The molecule has 0 aromatic heterocycles. The molecule has 2 fully saturated rings. The molecule has 0 aromatic carbocycles. The van der Waals surface area contributed by atoms with Crippen LogP contribution in [0.2, 0.25) is 0 Å². The number of hydrogen-bond donors (Lipinski definition) is 0. The minimum Gasteiger partial charge on any atom is -0.460 e. The van der Waals surface area contributed by atoms with E-state index in [0.717, 1.165) is 44.6 Å². The van der Waals surface area contributed by atoms with Crippen molar-refractivity contribution in [2.24, 2.45) is 5.92 Å². The fraction of sp³-hybridized carbons (Fsp3) is 0.800. The van der Waals surface area contributed by atoms with Crippen molar-refractivity contribution in [1.29, 1.82) is 0 Å². The zero-order chi connectivity index (χ0) is 19.6. The summed E-state index contributed by atoms with van der Waals surface area (Å²) in [5.74, 6) is -0.608. The number of carbonyl (C=O) groups is 2. The molecule has 2 rings (SSSR count). The SMILES string of the molecule is C=CC(=O)OCCOC(=O)COC1CCC(C2OC(C)CC(CC)O2)CC1. The first-order valence-corrected chi connectivity index (χ1v) is 9.89. The van der Waals surface area contributed by atoms with E-state index >= 15 is 0 Å². The standard InChI is InChI=1S/C20H32O7/c1-4-16-12-14(3)26-20(27-16)15-6-8-17(9-7-15)25-13-19(22)24-11-10-23-18(21)5-2/h5,14-17,20H,2,4,6-13H2,1,3H3. The predicted octanol–water partition coefficient (Wildman–Crippen LogP) is 2.76. The molecule has 1 saturated heterocycles. The molecule has 0 amide bonds. The van der Waals surface area contributed by atoms with Crippen molar-refractivity contribution >= 4 is 11.9 Å². The highest BCUT2D eigenvalue weighted by Crippen LogP contribution is 2.34. The topological polar surface area (TPSA) is 80.3 Å². The van der Waals surface area contributed by atoms with Crippen LogP contribution in [0, 0.1) is 5.92 Å². The molecule has 1 aliphatic heterocycles. The molecule has 1 heterocycles. The van der Waals surface area contributed by atoms with Gasteiger partial charge in [0.25, 0.3) is 0 Å². The number of ether oxygens (including phenoxy) is 5. The van der Waals surface area contributed by atoms with Gasteiger partial charge in [0.1, 0.15) is 19.8 Å². The van der Waals surface area contributed by atoms with E-state index in [1.807, 2.05) is 0 Å². The Balaban J connectivity index is 1.59. The highest BCUT2D eigenvalue weighted by molar-refractivity contribution is 5.81. The monoisotopic (exact) mass is 384 g/mol. The Morgan fingerprint density at radius 2 is 1.81 bits per heavy atom. The first-order chi connectivity index (χ1) is 13.0. The van der Waals surface area contributed by atoms with Gasteiger partial charge in [-0.3, -0.25) is 0 Å². The Bertz CT molecular complexity index is 485. The molecule has 27 heavy (non-hydrogen) atoms. The maximum atomic E-state index is 11.7. The Hall–Kier alpha value is -1.44. The maximum absolute atomic E-state index is 11.7. The molecule has 1 aliphatic carbocycles. The summed E-state index contributed by atoms with van der Waals surface area (Å²) in [6.45, 7) is 7.48. The van der Waals surface area contributed by atoms with Gasteiger partial charge in [0, 0.05) is 12.0 Å². The number of hydrogen-bond acceptors (Lipinski definition) is 7. The van der Waals surface area contributed by atoms with Gasteiger partial charge in [-0.25, -0.2) is 9.59 Å². The van der Waals surface area contributed by atoms with Crippen molar-refractivity contribution in [2.75, 3.05) is 19.8 Å². The highest BCUT2D eigenvalue weighted by atomic mass is 16.7. The molecular weight excluding hydrogens is 352 g/mol. The largest absolute Gasteiger partial charge is 0.460 e. The molecule has 0 aromatic rings. The van der Waals surface area contributed by atoms with Crippen LogP contribution in [0.1, 0.15) is 52.4 Å². The molecule has 0 spiro atoms. The molecule has 0 N–H and O–H groups in total. The third-order valence-electron chi connectivity index (χ3n) is 5.04. The summed E-state index contributed by atoms with van der Waals surface area (Å²) in [7, 11) is 0. The second-order valence-electron chi connectivity index (χ2n) is 7.16. The third-order valence-corrected chi connectivity index (χ3v) is 5.04. The van der Waals surface area contributed by atoms with Gasteiger partial charge in [-0.05, 0) is 45.4 Å². The first kappa shape index (κ1) is 21.9. The van der Waals surface area contributed by atoms with E-state index in [1.165, 1.54) is 0 Å². The van der Waals surface area contributed by atoms with Crippen LogP contribution in [0.3, 0.4) is 0 Å². The van der Waals surface area contributed by atoms with Crippen LogP contribution in [-0.4, -0.2) is 56.4 Å². The molecule has 154 valence electrons. The van der Waals surface area contributed by atoms with Crippen molar-refractivity contribution in [3.05, 3.63) is 12.7 Å². The van der Waals surface area contributed by atoms with Gasteiger partial charge in [0.2, 0.25) is 0 Å². The Labute approximate surface area is 161 Å². The van der Waals surface area contributed by atoms with Crippen LogP contribution in [0.5, 0.6) is 0 Å². The van der Waals surface area contributed by atoms with Crippen molar-refractivity contribution in [1.82, 2.24) is 0 Å². The summed E-state index contributed by atoms with van der Waals surface area (Å²) in [6.07, 6.45) is 7.17. The van der Waals surface area contributed by atoms with Crippen LogP contribution in [0.15, 0.2) is 12.7 Å². The first-order valence-electron chi connectivity index (χ1n) is 9.89. The lowest BCUT2D eigenvalue weighted by molar-refractivity contribution is -0.264. The smallest absolute Gasteiger partial charge is 0.332 e. The van der Waals surface area contributed by atoms with Crippen LogP contribution in [0.25, 0.3) is 0 Å². The van der Waals surface area contributed by atoms with Crippen LogP contribution in [-0.2, 0) is 33.3 Å². The Morgan fingerprint density at radius 1 is 1.11 bits per heavy atom. The number of esters is 2. The van der Waals surface area contributed by atoms with E-state index in [-0.39, 0.29) is 44.4 Å². The quantitative estimate of drug-likeness (QED) is 0.343. The van der Waals surface area contributed by atoms with E-state index < -0.39 is 11.9 Å². The van der Waals surface area contributed by atoms with E-state index in [0.29, 0.717) is 5.92 Å². The summed E-state index contributed by atoms with van der Waals surface area (Å²) >= 11 is 0. The molecule has 7 heteroatoms. The molecule has 3 unspecified atom stereocenters. The van der Waals surface area contributed by atoms with E-state index in [9.17, 15) is 9.59 Å². The third kappa shape index (κ3) is 7.60. The van der Waals surface area contributed by atoms with Gasteiger partial charge < -0.3 is 23.7 Å². The summed E-state index contributed by atoms with van der Waals surface area (Å²) in [6, 6.07) is 0. The van der Waals surface area contributed by atoms with Crippen LogP contribution in [0.4, 0.5) is 0 Å². The fourth-order valence-electron chi connectivity index (χ4n) is 3.53. The zero-order valence-corrected chi connectivity index (χ0v) is 16.4. The highest BCUT2D eigenvalue weighted by Gasteiger charge is 2.35. The lowest BCUT2D eigenvalue weighted by Crippen LogP contribution is -2.42. The predicted molar refractivity (Wildman–Crippen MR) is 97.9 cm³/mol. The van der Waals surface area contributed by atoms with Gasteiger partial charge >= 0.3 is 11.9 Å². The summed E-state index contributed by atoms with van der Waals surface area (Å²) < 4.78 is 27.4. The molecule has 7 nitrogen and oxygen atoms in total. The lowest BCUT2D eigenvalue weighted by atomic mass is 9.86. The van der Waals surface area contributed by atoms with Crippen LogP contribution < -0.4 is 0 Å². The molecule has 0 radical (unpaired) electrons. The Morgan fingerprint density at radius 3 is 2.48 bits per heavy atom. The van der Waals surface area contributed by atoms with Crippen molar-refractivity contribution in [2.45, 2.75) is 77.0 Å². The normalized spacial score (nSPS) is 31.1. The van der Waals surface area contributed by atoms with Gasteiger partial charge in [-0.2, -0.15) is 0 Å². The molecule has 1 saturated carbocycles. The molecule has 3 atom stereocenters. The van der Waals surface area contributed by atoms with Gasteiger partial charge in [0.05, 0.1) is 18.3 Å². The number of carbonyl (C=O) groups excluding carboxylic acids is 2. The molecule has 2 aliphatic rings. The van der Waals surface area contributed by atoms with Crippen LogP contribution >= 0.6 is 0 Å². The van der Waals surface area contributed by atoms with Gasteiger partial charge in [-0.1, -0.05) is 13.5 Å². The zero-order valence-electron chi connectivity index (χ0n) is 16.4. The summed E-state index contributed by atoms with van der Waals surface area (Å²) in [5.41, 5.74) is 0. The molecular formula is C20H32O7. The van der Waals surface area contributed by atoms with Crippen molar-refractivity contribution < 1.29 is 33.3 Å². The lowest BCUT2D eigenvalue weighted by Gasteiger charge is -2.40. The van der Waals surface area contributed by atoms with Gasteiger partial charge in [0.15, 0.2) is 6.29 Å². The fourth-order valence-corrected chi connectivity index (χ4v) is 3.53. The molecule has 0 bridgehead atoms. The second-order valence-corrected chi connectivity index (χ2v) is 7.16. The van der Waals surface area contributed by atoms with Crippen molar-refractivity contribution in [3.8, 4) is 0 Å². The minimum absolute atomic E-state index is 0.0142. The van der Waals surface area contributed by atoms with E-state index in [1.54, 1.807) is 0 Å². The average Bonchev–Trinajstić information content (AvgIpc) is 2.69. The minimum atomic E-state index is -0.537. The second kappa shape index (κ2) is 11.4.